The summed E-state index contributed by atoms with van der Waals surface area (Å²) >= 11 is 12.3. The van der Waals surface area contributed by atoms with Crippen molar-refractivity contribution in [3.8, 4) is 5.75 Å². The SMILES string of the molecule is O=c1oc2cc(COc3ccc(Cl)cc3)c(Cl)cc2c2c1CCC2. The highest BCUT2D eigenvalue weighted by Gasteiger charge is 2.20. The summed E-state index contributed by atoms with van der Waals surface area (Å²) in [5.74, 6) is 0.700. The van der Waals surface area contributed by atoms with Crippen LogP contribution in [0.5, 0.6) is 5.75 Å². The van der Waals surface area contributed by atoms with E-state index in [-0.39, 0.29) is 12.2 Å². The van der Waals surface area contributed by atoms with Crippen molar-refractivity contribution in [2.24, 2.45) is 0 Å². The average molecular weight is 361 g/mol. The lowest BCUT2D eigenvalue weighted by molar-refractivity contribution is 0.306. The van der Waals surface area contributed by atoms with Gasteiger partial charge in [0, 0.05) is 26.6 Å². The summed E-state index contributed by atoms with van der Waals surface area (Å²) in [4.78, 5) is 12.1. The van der Waals surface area contributed by atoms with Gasteiger partial charge in [-0.15, -0.1) is 0 Å². The van der Waals surface area contributed by atoms with Crippen LogP contribution >= 0.6 is 23.2 Å². The number of ether oxygens (including phenoxy) is 1. The Hall–Kier alpha value is -1.97. The van der Waals surface area contributed by atoms with Crippen LogP contribution in [0.4, 0.5) is 0 Å². The molecule has 3 nitrogen and oxygen atoms in total. The van der Waals surface area contributed by atoms with Crippen LogP contribution in [0.1, 0.15) is 23.1 Å². The van der Waals surface area contributed by atoms with Gasteiger partial charge in [-0.3, -0.25) is 0 Å². The summed E-state index contributed by atoms with van der Waals surface area (Å²) in [7, 11) is 0. The molecule has 5 heteroatoms. The molecule has 2 aromatic carbocycles. The molecule has 122 valence electrons. The maximum Gasteiger partial charge on any atom is 0.339 e. The van der Waals surface area contributed by atoms with Crippen molar-refractivity contribution in [2.45, 2.75) is 25.9 Å². The molecule has 0 spiro atoms. The highest BCUT2D eigenvalue weighted by atomic mass is 35.5. The van der Waals surface area contributed by atoms with Gasteiger partial charge >= 0.3 is 5.63 Å². The molecule has 0 bridgehead atoms. The van der Waals surface area contributed by atoms with Crippen molar-refractivity contribution in [1.82, 2.24) is 0 Å². The Balaban J connectivity index is 1.69. The van der Waals surface area contributed by atoms with Gasteiger partial charge in [-0.1, -0.05) is 23.2 Å². The summed E-state index contributed by atoms with van der Waals surface area (Å²) in [6.45, 7) is 0.289. The summed E-state index contributed by atoms with van der Waals surface area (Å²) in [5, 5.41) is 2.20. The Bertz CT molecular complexity index is 975. The van der Waals surface area contributed by atoms with Gasteiger partial charge in [0.25, 0.3) is 0 Å². The van der Waals surface area contributed by atoms with Crippen molar-refractivity contribution >= 4 is 34.2 Å². The van der Waals surface area contributed by atoms with E-state index >= 15 is 0 Å². The van der Waals surface area contributed by atoms with Crippen LogP contribution in [0.2, 0.25) is 10.0 Å². The minimum atomic E-state index is -0.234. The number of fused-ring (bicyclic) bond motifs is 3. The second-order valence-electron chi connectivity index (χ2n) is 5.88. The number of benzene rings is 2. The Labute approximate surface area is 148 Å². The molecule has 0 saturated carbocycles. The van der Waals surface area contributed by atoms with Crippen molar-refractivity contribution in [3.63, 3.8) is 0 Å². The van der Waals surface area contributed by atoms with E-state index in [1.807, 2.05) is 6.07 Å². The molecule has 4 rings (SSSR count). The van der Waals surface area contributed by atoms with Gasteiger partial charge in [-0.25, -0.2) is 4.79 Å². The van der Waals surface area contributed by atoms with Gasteiger partial charge in [0.1, 0.15) is 17.9 Å². The number of hydrogen-bond acceptors (Lipinski definition) is 3. The fourth-order valence-corrected chi connectivity index (χ4v) is 3.49. The summed E-state index contributed by atoms with van der Waals surface area (Å²) in [5.41, 5.74) is 2.99. The van der Waals surface area contributed by atoms with Crippen molar-refractivity contribution < 1.29 is 9.15 Å². The molecule has 1 aromatic heterocycles. The lowest BCUT2D eigenvalue weighted by Crippen LogP contribution is -2.07. The van der Waals surface area contributed by atoms with Gasteiger partial charge in [-0.05, 0) is 61.2 Å². The van der Waals surface area contributed by atoms with Crippen LogP contribution in [0.25, 0.3) is 11.0 Å². The lowest BCUT2D eigenvalue weighted by Gasteiger charge is -2.10. The Morgan fingerprint density at radius 3 is 2.58 bits per heavy atom. The zero-order chi connectivity index (χ0) is 16.7. The van der Waals surface area contributed by atoms with Gasteiger partial charge in [0.15, 0.2) is 0 Å². The predicted octanol–water partition coefficient (Wildman–Crippen LogP) is 5.17. The third kappa shape index (κ3) is 2.79. The van der Waals surface area contributed by atoms with E-state index < -0.39 is 0 Å². The summed E-state index contributed by atoms with van der Waals surface area (Å²) in [6.07, 6.45) is 2.67. The number of hydrogen-bond donors (Lipinski definition) is 0. The molecule has 0 saturated heterocycles. The van der Waals surface area contributed by atoms with Crippen LogP contribution < -0.4 is 10.4 Å². The Morgan fingerprint density at radius 2 is 1.79 bits per heavy atom. The fraction of sp³-hybridized carbons (Fsp3) is 0.211. The van der Waals surface area contributed by atoms with Crippen molar-refractivity contribution in [2.75, 3.05) is 0 Å². The van der Waals surface area contributed by atoms with E-state index in [9.17, 15) is 4.79 Å². The van der Waals surface area contributed by atoms with Gasteiger partial charge < -0.3 is 9.15 Å². The molecule has 0 unspecified atom stereocenters. The quantitative estimate of drug-likeness (QED) is 0.605. The molecule has 0 N–H and O–H groups in total. The van der Waals surface area contributed by atoms with Gasteiger partial charge in [0.2, 0.25) is 0 Å². The van der Waals surface area contributed by atoms with Gasteiger partial charge in [-0.2, -0.15) is 0 Å². The molecule has 1 aliphatic carbocycles. The first-order valence-electron chi connectivity index (χ1n) is 7.77. The van der Waals surface area contributed by atoms with Crippen LogP contribution in [-0.4, -0.2) is 0 Å². The molecule has 0 radical (unpaired) electrons. The monoisotopic (exact) mass is 360 g/mol. The van der Waals surface area contributed by atoms with Crippen LogP contribution in [-0.2, 0) is 19.4 Å². The number of rotatable bonds is 3. The van der Waals surface area contributed by atoms with Crippen LogP contribution in [0.15, 0.2) is 45.6 Å². The maximum absolute atomic E-state index is 12.1. The summed E-state index contributed by atoms with van der Waals surface area (Å²) < 4.78 is 11.2. The largest absolute Gasteiger partial charge is 0.489 e. The number of halogens is 2. The molecule has 1 heterocycles. The summed E-state index contributed by atoms with van der Waals surface area (Å²) in [6, 6.07) is 10.8. The van der Waals surface area contributed by atoms with Crippen LogP contribution in [0, 0.1) is 0 Å². The first-order chi connectivity index (χ1) is 11.6. The maximum atomic E-state index is 12.1. The first kappa shape index (κ1) is 15.6. The van der Waals surface area contributed by atoms with E-state index in [2.05, 4.69) is 0 Å². The molecule has 0 atom stereocenters. The smallest absolute Gasteiger partial charge is 0.339 e. The highest BCUT2D eigenvalue weighted by Crippen LogP contribution is 2.31. The Kier molecular flexibility index (Phi) is 3.99. The van der Waals surface area contributed by atoms with Gasteiger partial charge in [0.05, 0.1) is 0 Å². The topological polar surface area (TPSA) is 39.4 Å². The van der Waals surface area contributed by atoms with E-state index in [1.54, 1.807) is 30.3 Å². The normalized spacial score (nSPS) is 13.2. The predicted molar refractivity (Wildman–Crippen MR) is 95.3 cm³/mol. The van der Waals surface area contributed by atoms with Crippen molar-refractivity contribution in [3.05, 3.63) is 73.6 Å². The fourth-order valence-electron chi connectivity index (χ4n) is 3.15. The average Bonchev–Trinajstić information content (AvgIpc) is 3.06. The van der Waals surface area contributed by atoms with E-state index in [0.717, 1.165) is 41.3 Å². The molecule has 0 fully saturated rings. The van der Waals surface area contributed by atoms with E-state index in [4.69, 9.17) is 32.4 Å². The molecular formula is C19H14Cl2O3. The molecule has 0 aliphatic heterocycles. The van der Waals surface area contributed by atoms with E-state index in [0.29, 0.717) is 21.4 Å². The van der Waals surface area contributed by atoms with E-state index in [1.165, 1.54) is 0 Å². The zero-order valence-electron chi connectivity index (χ0n) is 12.8. The second kappa shape index (κ2) is 6.15. The minimum absolute atomic E-state index is 0.234. The minimum Gasteiger partial charge on any atom is -0.489 e. The van der Waals surface area contributed by atoms with Crippen LogP contribution in [0.3, 0.4) is 0 Å². The standard InChI is InChI=1S/C19H14Cl2O3/c20-12-4-6-13(7-5-12)23-10-11-8-18-16(9-17(11)21)14-2-1-3-15(14)19(22)24-18/h4-9H,1-3,10H2. The molecular weight excluding hydrogens is 347 g/mol. The third-order valence-corrected chi connectivity index (χ3v) is 4.95. The molecule has 1 aliphatic rings. The zero-order valence-corrected chi connectivity index (χ0v) is 14.3. The first-order valence-corrected chi connectivity index (χ1v) is 8.53. The Morgan fingerprint density at radius 1 is 1.04 bits per heavy atom. The lowest BCUT2D eigenvalue weighted by atomic mass is 10.1. The van der Waals surface area contributed by atoms with Crippen molar-refractivity contribution in [1.29, 1.82) is 0 Å². The molecule has 24 heavy (non-hydrogen) atoms. The second-order valence-corrected chi connectivity index (χ2v) is 6.73. The molecule has 0 amide bonds. The highest BCUT2D eigenvalue weighted by molar-refractivity contribution is 6.32. The third-order valence-electron chi connectivity index (χ3n) is 4.35. The number of aryl methyl sites for hydroxylation is 1. The molecule has 3 aromatic rings.